The van der Waals surface area contributed by atoms with Gasteiger partial charge in [-0.1, -0.05) is 19.1 Å². The lowest BCUT2D eigenvalue weighted by Crippen LogP contribution is -2.39. The van der Waals surface area contributed by atoms with Gasteiger partial charge in [-0.25, -0.2) is 0 Å². The lowest BCUT2D eigenvalue weighted by Gasteiger charge is -2.26. The molecule has 0 aromatic heterocycles. The van der Waals surface area contributed by atoms with Crippen LogP contribution in [-0.4, -0.2) is 31.8 Å². The Bertz CT molecular complexity index is 417. The highest BCUT2D eigenvalue weighted by Crippen LogP contribution is 2.23. The van der Waals surface area contributed by atoms with Gasteiger partial charge < -0.3 is 20.5 Å². The van der Waals surface area contributed by atoms with Crippen molar-refractivity contribution in [3.05, 3.63) is 24.3 Å². The molecule has 3 N–H and O–H groups in total. The van der Waals surface area contributed by atoms with Crippen LogP contribution in [0.1, 0.15) is 20.3 Å². The van der Waals surface area contributed by atoms with Crippen LogP contribution in [0.3, 0.4) is 0 Å². The van der Waals surface area contributed by atoms with E-state index >= 15 is 0 Å². The van der Waals surface area contributed by atoms with Gasteiger partial charge in [0.05, 0.1) is 18.4 Å². The second-order valence-electron chi connectivity index (χ2n) is 4.54. The Labute approximate surface area is 114 Å². The predicted molar refractivity (Wildman–Crippen MR) is 75.3 cm³/mol. The largest absolute Gasteiger partial charge is 0.495 e. The smallest absolute Gasteiger partial charge is 0.250 e. The maximum Gasteiger partial charge on any atom is 0.250 e. The van der Waals surface area contributed by atoms with Gasteiger partial charge in [-0.2, -0.15) is 0 Å². The zero-order valence-corrected chi connectivity index (χ0v) is 11.7. The molecular formula is C14H22N2O3. The molecule has 0 spiro atoms. The Balaban J connectivity index is 2.56. The van der Waals surface area contributed by atoms with E-state index < -0.39 is 5.60 Å². The molecule has 0 saturated carbocycles. The minimum Gasteiger partial charge on any atom is -0.495 e. The highest BCUT2D eigenvalue weighted by molar-refractivity contribution is 5.93. The summed E-state index contributed by atoms with van der Waals surface area (Å²) in [6.45, 7) is 4.22. The Kier molecular flexibility index (Phi) is 5.79. The molecule has 1 unspecified atom stereocenters. The second kappa shape index (κ2) is 7.11. The third-order valence-electron chi connectivity index (χ3n) is 3.11. The molecule has 0 fully saturated rings. The van der Waals surface area contributed by atoms with Crippen LogP contribution in [0.5, 0.6) is 5.75 Å². The summed E-state index contributed by atoms with van der Waals surface area (Å²) in [4.78, 5) is 11.8. The summed E-state index contributed by atoms with van der Waals surface area (Å²) in [5, 5.41) is 2.75. The molecule has 5 heteroatoms. The van der Waals surface area contributed by atoms with Gasteiger partial charge >= 0.3 is 0 Å². The van der Waals surface area contributed by atoms with Crippen LogP contribution in [0.2, 0.25) is 0 Å². The zero-order valence-electron chi connectivity index (χ0n) is 11.7. The van der Waals surface area contributed by atoms with Crippen molar-refractivity contribution in [1.82, 2.24) is 0 Å². The molecule has 0 heterocycles. The van der Waals surface area contributed by atoms with Crippen LogP contribution in [0.4, 0.5) is 5.69 Å². The number of ether oxygens (including phenoxy) is 2. The molecule has 19 heavy (non-hydrogen) atoms. The number of methoxy groups -OCH3 is 1. The number of amides is 1. The third-order valence-corrected chi connectivity index (χ3v) is 3.11. The van der Waals surface area contributed by atoms with Gasteiger partial charge in [0.1, 0.15) is 12.4 Å². The summed E-state index contributed by atoms with van der Waals surface area (Å²) in [5.74, 6) is 0.394. The van der Waals surface area contributed by atoms with Gasteiger partial charge in [-0.15, -0.1) is 0 Å². The number of rotatable bonds is 7. The van der Waals surface area contributed by atoms with Crippen molar-refractivity contribution < 1.29 is 14.3 Å². The molecule has 1 aromatic rings. The highest BCUT2D eigenvalue weighted by Gasteiger charge is 2.22. The Morgan fingerprint density at radius 1 is 1.42 bits per heavy atom. The minimum atomic E-state index is -0.460. The number of anilines is 1. The Morgan fingerprint density at radius 2 is 2.11 bits per heavy atom. The first-order valence-electron chi connectivity index (χ1n) is 6.31. The minimum absolute atomic E-state index is 0.0282. The molecule has 0 aliphatic carbocycles. The van der Waals surface area contributed by atoms with Gasteiger partial charge in [0, 0.05) is 6.54 Å². The summed E-state index contributed by atoms with van der Waals surface area (Å²) in [7, 11) is 1.56. The number of hydrogen-bond donors (Lipinski definition) is 2. The van der Waals surface area contributed by atoms with Gasteiger partial charge in [0.25, 0.3) is 5.91 Å². The fourth-order valence-corrected chi connectivity index (χ4v) is 1.48. The molecule has 5 nitrogen and oxygen atoms in total. The van der Waals surface area contributed by atoms with E-state index in [9.17, 15) is 4.79 Å². The van der Waals surface area contributed by atoms with Crippen LogP contribution in [0.25, 0.3) is 0 Å². The van der Waals surface area contributed by atoms with E-state index in [1.807, 2.05) is 26.0 Å². The van der Waals surface area contributed by atoms with E-state index in [0.29, 0.717) is 18.0 Å². The fraction of sp³-hybridized carbons (Fsp3) is 0.500. The first-order chi connectivity index (χ1) is 9.04. The zero-order chi connectivity index (χ0) is 14.3. The third kappa shape index (κ3) is 4.54. The molecule has 0 saturated heterocycles. The van der Waals surface area contributed by atoms with Crippen molar-refractivity contribution >= 4 is 11.6 Å². The lowest BCUT2D eigenvalue weighted by atomic mass is 10.0. The number of nitrogens with one attached hydrogen (secondary N) is 1. The quantitative estimate of drug-likeness (QED) is 0.789. The molecule has 1 aromatic carbocycles. The van der Waals surface area contributed by atoms with E-state index in [0.717, 1.165) is 6.42 Å². The lowest BCUT2D eigenvalue weighted by molar-refractivity contribution is -0.126. The molecule has 0 bridgehead atoms. The molecule has 0 radical (unpaired) electrons. The van der Waals surface area contributed by atoms with Crippen molar-refractivity contribution in [3.63, 3.8) is 0 Å². The average molecular weight is 266 g/mol. The van der Waals surface area contributed by atoms with Crippen LogP contribution in [-0.2, 0) is 9.53 Å². The topological polar surface area (TPSA) is 73.6 Å². The summed E-state index contributed by atoms with van der Waals surface area (Å²) in [5.41, 5.74) is 5.79. The monoisotopic (exact) mass is 266 g/mol. The molecule has 0 aliphatic heterocycles. The van der Waals surface area contributed by atoms with E-state index in [1.54, 1.807) is 19.2 Å². The van der Waals surface area contributed by atoms with Gasteiger partial charge in [-0.05, 0) is 25.5 Å². The average Bonchev–Trinajstić information content (AvgIpc) is 2.45. The summed E-state index contributed by atoms with van der Waals surface area (Å²) in [6, 6.07) is 7.23. The van der Waals surface area contributed by atoms with Gasteiger partial charge in [-0.3, -0.25) is 4.79 Å². The van der Waals surface area contributed by atoms with E-state index in [4.69, 9.17) is 15.2 Å². The highest BCUT2D eigenvalue weighted by atomic mass is 16.5. The van der Waals surface area contributed by atoms with Gasteiger partial charge in [0.2, 0.25) is 0 Å². The van der Waals surface area contributed by atoms with Crippen LogP contribution < -0.4 is 15.8 Å². The Morgan fingerprint density at radius 3 is 2.68 bits per heavy atom. The molecule has 0 aliphatic rings. The van der Waals surface area contributed by atoms with Crippen molar-refractivity contribution in [3.8, 4) is 5.75 Å². The van der Waals surface area contributed by atoms with E-state index in [1.165, 1.54) is 0 Å². The summed E-state index contributed by atoms with van der Waals surface area (Å²) >= 11 is 0. The van der Waals surface area contributed by atoms with Crippen molar-refractivity contribution in [1.29, 1.82) is 0 Å². The van der Waals surface area contributed by atoms with E-state index in [2.05, 4.69) is 5.32 Å². The normalized spacial score (nSPS) is 13.7. The number of benzene rings is 1. The maximum absolute atomic E-state index is 11.8. The van der Waals surface area contributed by atoms with Crippen LogP contribution in [0, 0.1) is 0 Å². The molecule has 106 valence electrons. The number of nitrogens with two attached hydrogens (primary N) is 1. The molecular weight excluding hydrogens is 244 g/mol. The molecule has 1 atom stereocenters. The number of carbonyl (C=O) groups is 1. The first-order valence-corrected chi connectivity index (χ1v) is 6.31. The molecule has 1 amide bonds. The van der Waals surface area contributed by atoms with Crippen molar-refractivity contribution in [2.75, 3.05) is 25.6 Å². The van der Waals surface area contributed by atoms with Crippen molar-refractivity contribution in [2.45, 2.75) is 25.9 Å². The number of para-hydroxylation sites is 2. The number of hydrogen-bond acceptors (Lipinski definition) is 4. The van der Waals surface area contributed by atoms with Gasteiger partial charge in [0.15, 0.2) is 0 Å². The summed E-state index contributed by atoms with van der Waals surface area (Å²) < 4.78 is 10.7. The first kappa shape index (κ1) is 15.5. The van der Waals surface area contributed by atoms with E-state index in [-0.39, 0.29) is 12.5 Å². The van der Waals surface area contributed by atoms with Crippen LogP contribution >= 0.6 is 0 Å². The standard InChI is InChI=1S/C14H22N2O3/c1-4-14(2,10-15)19-9-13(17)16-11-7-5-6-8-12(11)18-3/h5-8H,4,9-10,15H2,1-3H3,(H,16,17). The Hall–Kier alpha value is -1.59. The van der Waals surface area contributed by atoms with Crippen molar-refractivity contribution in [2.24, 2.45) is 5.73 Å². The SMILES string of the molecule is CCC(C)(CN)OCC(=O)Nc1ccccc1OC. The summed E-state index contributed by atoms with van der Waals surface area (Å²) in [6.07, 6.45) is 0.755. The second-order valence-corrected chi connectivity index (χ2v) is 4.54. The number of carbonyl (C=O) groups excluding carboxylic acids is 1. The van der Waals surface area contributed by atoms with Crippen LogP contribution in [0.15, 0.2) is 24.3 Å². The maximum atomic E-state index is 11.8. The fourth-order valence-electron chi connectivity index (χ4n) is 1.48. The molecule has 1 rings (SSSR count). The predicted octanol–water partition coefficient (Wildman–Crippen LogP) is 1.78.